The van der Waals surface area contributed by atoms with Gasteiger partial charge in [-0.3, -0.25) is 0 Å². The first-order valence-corrected chi connectivity index (χ1v) is 25.0. The van der Waals surface area contributed by atoms with E-state index in [1.165, 1.54) is 66.8 Å². The average molecular weight is 916 g/mol. The van der Waals surface area contributed by atoms with Crippen molar-refractivity contribution in [2.24, 2.45) is 0 Å². The molecule has 1 heterocycles. The second-order valence-electron chi connectivity index (χ2n) is 19.5. The molecule has 0 saturated heterocycles. The molecule has 0 saturated carbocycles. The summed E-state index contributed by atoms with van der Waals surface area (Å²) < 4.78 is 7.34. The molecule has 0 aromatic heterocycles. The highest BCUT2D eigenvalue weighted by Crippen LogP contribution is 2.65. The number of hydrogen-bond donors (Lipinski definition) is 0. The zero-order valence-corrected chi connectivity index (χ0v) is 39.3. The Balaban J connectivity index is 1.02. The summed E-state index contributed by atoms with van der Waals surface area (Å²) in [5, 5.41) is 4.52. The zero-order valence-electron chi connectivity index (χ0n) is 39.3. The van der Waals surface area contributed by atoms with Gasteiger partial charge in [0.05, 0.1) is 10.8 Å². The number of benzene rings is 12. The summed E-state index contributed by atoms with van der Waals surface area (Å²) in [4.78, 5) is 2.48. The molecule has 3 aliphatic rings. The van der Waals surface area contributed by atoms with Crippen molar-refractivity contribution in [2.75, 3.05) is 4.90 Å². The molecule has 0 radical (unpaired) electrons. The minimum Gasteiger partial charge on any atom is -0.455 e. The van der Waals surface area contributed by atoms with E-state index in [2.05, 4.69) is 278 Å². The van der Waals surface area contributed by atoms with E-state index in [1.54, 1.807) is 0 Å². The highest BCUT2D eigenvalue weighted by atomic mass is 16.5. The fourth-order valence-corrected chi connectivity index (χ4v) is 13.0. The Bertz CT molecular complexity index is 4000. The first kappa shape index (κ1) is 40.6. The van der Waals surface area contributed by atoms with Crippen LogP contribution in [0.5, 0.6) is 11.5 Å². The molecule has 1 spiro atoms. The summed E-state index contributed by atoms with van der Waals surface area (Å²) in [5.74, 6) is 1.82. The van der Waals surface area contributed by atoms with Crippen molar-refractivity contribution in [3.05, 3.63) is 317 Å². The van der Waals surface area contributed by atoms with Gasteiger partial charge in [0.25, 0.3) is 0 Å². The number of fused-ring (bicyclic) bond motifs is 16. The highest BCUT2D eigenvalue weighted by Gasteiger charge is 2.52. The van der Waals surface area contributed by atoms with E-state index in [4.69, 9.17) is 4.74 Å². The van der Waals surface area contributed by atoms with Gasteiger partial charge in [-0.05, 0) is 114 Å². The Morgan fingerprint density at radius 3 is 1.21 bits per heavy atom. The highest BCUT2D eigenvalue weighted by molar-refractivity contribution is 6.01. The molecule has 72 heavy (non-hydrogen) atoms. The number of hydrogen-bond acceptors (Lipinski definition) is 2. The zero-order chi connectivity index (χ0) is 47.4. The maximum atomic E-state index is 7.34. The summed E-state index contributed by atoms with van der Waals surface area (Å²) in [6.07, 6.45) is 0. The molecule has 2 aliphatic carbocycles. The second-order valence-corrected chi connectivity index (χ2v) is 19.5. The Kier molecular flexibility index (Phi) is 8.82. The molecule has 0 atom stereocenters. The fraction of sp³-hybridized carbons (Fsp3) is 0.0286. The molecule has 336 valence electrons. The predicted molar refractivity (Wildman–Crippen MR) is 296 cm³/mol. The second kappa shape index (κ2) is 15.6. The summed E-state index contributed by atoms with van der Waals surface area (Å²) >= 11 is 0. The summed E-state index contributed by atoms with van der Waals surface area (Å²) in [7, 11) is 0. The number of ether oxygens (including phenoxy) is 1. The molecule has 2 heteroatoms. The monoisotopic (exact) mass is 915 g/mol. The lowest BCUT2D eigenvalue weighted by atomic mass is 9.65. The molecule has 0 amide bonds. The molecule has 12 aromatic rings. The molecule has 0 unspecified atom stereocenters. The molecule has 0 bridgehead atoms. The smallest absolute Gasteiger partial charge is 0.140 e. The topological polar surface area (TPSA) is 12.5 Å². The van der Waals surface area contributed by atoms with Crippen LogP contribution in [0.1, 0.15) is 44.5 Å². The van der Waals surface area contributed by atoms with E-state index in [1.807, 2.05) is 0 Å². The maximum absolute atomic E-state index is 7.34. The summed E-state index contributed by atoms with van der Waals surface area (Å²) in [5.41, 5.74) is 19.2. The largest absolute Gasteiger partial charge is 0.455 e. The Morgan fingerprint density at radius 2 is 0.667 bits per heavy atom. The standard InChI is InChI=1S/C70H45NO/c1-4-18-46(19-5-1)47-32-36-52(37-33-47)71(53-38-40-59-57-28-14-16-30-61(57)69(65(59)44-53,50-22-6-2-7-23-50)51-24-8-3-9-25-51)54-39-41-60-58-29-15-17-31-62(58)70(66(60)45-54)63-42-34-48-20-10-12-26-55(48)67(63)72-68-56-27-13-11-21-49(56)35-43-64(68)70/h1-45H. The number of nitrogens with zero attached hydrogens (tertiary/aromatic N) is 1. The third-order valence-electron chi connectivity index (χ3n) is 16.0. The van der Waals surface area contributed by atoms with Crippen molar-refractivity contribution < 1.29 is 4.74 Å². The van der Waals surface area contributed by atoms with Crippen LogP contribution in [0, 0.1) is 0 Å². The molecule has 15 rings (SSSR count). The van der Waals surface area contributed by atoms with Gasteiger partial charge in [-0.1, -0.05) is 237 Å². The van der Waals surface area contributed by atoms with Crippen molar-refractivity contribution in [3.8, 4) is 44.9 Å². The quantitative estimate of drug-likeness (QED) is 0.165. The van der Waals surface area contributed by atoms with Crippen LogP contribution >= 0.6 is 0 Å². The lowest BCUT2D eigenvalue weighted by Gasteiger charge is -2.40. The van der Waals surface area contributed by atoms with E-state index in [-0.39, 0.29) is 0 Å². The van der Waals surface area contributed by atoms with Gasteiger partial charge >= 0.3 is 0 Å². The SMILES string of the molecule is c1ccc(-c2ccc(N(c3ccc4c(c3)C(c3ccccc3)(c3ccccc3)c3ccccc3-4)c3ccc4c(c3)C3(c5ccccc5-4)c4ccc5ccccc5c4Oc4c3ccc3ccccc43)cc2)cc1. The van der Waals surface area contributed by atoms with Crippen LogP contribution in [-0.4, -0.2) is 0 Å². The van der Waals surface area contributed by atoms with Crippen LogP contribution in [0.15, 0.2) is 273 Å². The van der Waals surface area contributed by atoms with Gasteiger partial charge in [0, 0.05) is 39.0 Å². The molecule has 0 fully saturated rings. The van der Waals surface area contributed by atoms with E-state index in [9.17, 15) is 0 Å². The number of anilines is 3. The molecular formula is C70H45NO. The van der Waals surface area contributed by atoms with E-state index < -0.39 is 10.8 Å². The van der Waals surface area contributed by atoms with Crippen molar-refractivity contribution in [1.82, 2.24) is 0 Å². The normalized spacial score (nSPS) is 13.9. The van der Waals surface area contributed by atoms with Gasteiger partial charge in [0.15, 0.2) is 0 Å². The number of rotatable bonds is 6. The van der Waals surface area contributed by atoms with Crippen LogP contribution in [-0.2, 0) is 10.8 Å². The van der Waals surface area contributed by atoms with E-state index in [0.29, 0.717) is 0 Å². The van der Waals surface area contributed by atoms with E-state index >= 15 is 0 Å². The lowest BCUT2D eigenvalue weighted by molar-refractivity contribution is 0.447. The van der Waals surface area contributed by atoms with Crippen LogP contribution in [0.3, 0.4) is 0 Å². The average Bonchev–Trinajstić information content (AvgIpc) is 3.92. The molecule has 1 aliphatic heterocycles. The third kappa shape index (κ3) is 5.60. The summed E-state index contributed by atoms with van der Waals surface area (Å²) in [6.45, 7) is 0. The fourth-order valence-electron chi connectivity index (χ4n) is 13.0. The van der Waals surface area contributed by atoms with Crippen molar-refractivity contribution >= 4 is 38.6 Å². The minimum absolute atomic E-state index is 0.558. The van der Waals surface area contributed by atoms with Gasteiger partial charge in [0.1, 0.15) is 11.5 Å². The third-order valence-corrected chi connectivity index (χ3v) is 16.0. The Morgan fingerprint density at radius 1 is 0.264 bits per heavy atom. The predicted octanol–water partition coefficient (Wildman–Crippen LogP) is 18.0. The van der Waals surface area contributed by atoms with Gasteiger partial charge in [0.2, 0.25) is 0 Å². The van der Waals surface area contributed by atoms with Crippen molar-refractivity contribution in [1.29, 1.82) is 0 Å². The van der Waals surface area contributed by atoms with E-state index in [0.717, 1.165) is 61.2 Å². The minimum atomic E-state index is -0.697. The van der Waals surface area contributed by atoms with Gasteiger partial charge in [-0.15, -0.1) is 0 Å². The Hall–Kier alpha value is -9.24. The van der Waals surface area contributed by atoms with Gasteiger partial charge < -0.3 is 9.64 Å². The molecule has 12 aromatic carbocycles. The maximum Gasteiger partial charge on any atom is 0.140 e. The molecule has 2 nitrogen and oxygen atoms in total. The molecular weight excluding hydrogens is 871 g/mol. The summed E-state index contributed by atoms with van der Waals surface area (Å²) in [6, 6.07) is 101. The van der Waals surface area contributed by atoms with Crippen molar-refractivity contribution in [3.63, 3.8) is 0 Å². The van der Waals surface area contributed by atoms with Gasteiger partial charge in [-0.2, -0.15) is 0 Å². The van der Waals surface area contributed by atoms with Gasteiger partial charge in [-0.25, -0.2) is 0 Å². The van der Waals surface area contributed by atoms with Crippen LogP contribution in [0.25, 0.3) is 54.9 Å². The Labute approximate surface area is 419 Å². The first-order chi connectivity index (χ1) is 35.7. The van der Waals surface area contributed by atoms with Crippen LogP contribution in [0.4, 0.5) is 17.1 Å². The van der Waals surface area contributed by atoms with Crippen LogP contribution in [0.2, 0.25) is 0 Å². The first-order valence-electron chi connectivity index (χ1n) is 25.0. The molecule has 0 N–H and O–H groups in total. The van der Waals surface area contributed by atoms with Crippen LogP contribution < -0.4 is 9.64 Å². The van der Waals surface area contributed by atoms with Crippen molar-refractivity contribution in [2.45, 2.75) is 10.8 Å². The lowest BCUT2D eigenvalue weighted by Crippen LogP contribution is -2.32.